The molecule has 1 N–H and O–H groups in total. The van der Waals surface area contributed by atoms with E-state index in [0.717, 1.165) is 25.1 Å². The van der Waals surface area contributed by atoms with Crippen molar-refractivity contribution in [2.75, 3.05) is 22.5 Å². The second kappa shape index (κ2) is 10.4. The highest BCUT2D eigenvalue weighted by Gasteiger charge is 2.21. The van der Waals surface area contributed by atoms with Crippen molar-refractivity contribution in [1.29, 1.82) is 0 Å². The number of carbonyl (C=O) groups is 2. The van der Waals surface area contributed by atoms with Crippen LogP contribution in [0.4, 0.5) is 11.4 Å². The number of amides is 2. The van der Waals surface area contributed by atoms with Gasteiger partial charge in [0, 0.05) is 24.3 Å². The number of aromatic nitrogens is 2. The Morgan fingerprint density at radius 3 is 2.39 bits per heavy atom. The molecule has 0 atom stereocenters. The minimum absolute atomic E-state index is 0.0875. The first kappa shape index (κ1) is 23.8. The molecule has 8 heteroatoms. The van der Waals surface area contributed by atoms with Gasteiger partial charge in [-0.25, -0.2) is 4.98 Å². The summed E-state index contributed by atoms with van der Waals surface area (Å²) in [6.45, 7) is 2.81. The zero-order chi connectivity index (χ0) is 25.1. The quantitative estimate of drug-likeness (QED) is 0.292. The lowest BCUT2D eigenvalue weighted by Crippen LogP contribution is -2.23. The lowest BCUT2D eigenvalue weighted by Gasteiger charge is -2.16. The molecule has 0 unspecified atom stereocenters. The molecule has 36 heavy (non-hydrogen) atoms. The number of carbonyl (C=O) groups excluding carboxylic acids is 2. The van der Waals surface area contributed by atoms with Gasteiger partial charge in [0.05, 0.1) is 22.3 Å². The number of rotatable bonds is 7. The summed E-state index contributed by atoms with van der Waals surface area (Å²) in [6.07, 6.45) is 2.35. The summed E-state index contributed by atoms with van der Waals surface area (Å²) in [4.78, 5) is 44.5. The molecule has 7 nitrogen and oxygen atoms in total. The molecule has 2 heterocycles. The molecule has 0 bridgehead atoms. The van der Waals surface area contributed by atoms with Gasteiger partial charge in [0.2, 0.25) is 11.8 Å². The van der Waals surface area contributed by atoms with Crippen LogP contribution in [0.25, 0.3) is 16.6 Å². The fourth-order valence-corrected chi connectivity index (χ4v) is 5.10. The second-order valence-corrected chi connectivity index (χ2v) is 9.55. The summed E-state index contributed by atoms with van der Waals surface area (Å²) in [5.41, 5.74) is 3.80. The van der Waals surface area contributed by atoms with Crippen LogP contribution >= 0.6 is 11.8 Å². The predicted molar refractivity (Wildman–Crippen MR) is 144 cm³/mol. The first-order valence-corrected chi connectivity index (χ1v) is 13.0. The molecule has 4 aromatic rings. The minimum Gasteiger partial charge on any atom is -0.325 e. The van der Waals surface area contributed by atoms with Crippen LogP contribution in [0.15, 0.2) is 82.7 Å². The Morgan fingerprint density at radius 1 is 0.972 bits per heavy atom. The van der Waals surface area contributed by atoms with Gasteiger partial charge in [0.15, 0.2) is 5.16 Å². The summed E-state index contributed by atoms with van der Waals surface area (Å²) in [7, 11) is 0. The van der Waals surface area contributed by atoms with Crippen molar-refractivity contribution >= 4 is 45.9 Å². The van der Waals surface area contributed by atoms with E-state index in [4.69, 9.17) is 4.98 Å². The zero-order valence-electron chi connectivity index (χ0n) is 19.9. The van der Waals surface area contributed by atoms with Gasteiger partial charge >= 0.3 is 0 Å². The van der Waals surface area contributed by atoms with E-state index < -0.39 is 0 Å². The normalized spacial score (nSPS) is 13.4. The van der Waals surface area contributed by atoms with Gasteiger partial charge in [-0.05, 0) is 66.9 Å². The average molecular weight is 499 g/mol. The molecule has 0 radical (unpaired) electrons. The van der Waals surface area contributed by atoms with Crippen molar-refractivity contribution in [2.24, 2.45) is 0 Å². The first-order valence-electron chi connectivity index (χ1n) is 12.0. The molecule has 0 aliphatic carbocycles. The molecule has 182 valence electrons. The van der Waals surface area contributed by atoms with Crippen molar-refractivity contribution in [3.8, 4) is 5.69 Å². The molecular formula is C28H26N4O3S. The Labute approximate surface area is 213 Å². The van der Waals surface area contributed by atoms with Crippen LogP contribution < -0.4 is 15.8 Å². The third kappa shape index (κ3) is 4.90. The van der Waals surface area contributed by atoms with Crippen LogP contribution in [0, 0.1) is 0 Å². The number of anilines is 2. The van der Waals surface area contributed by atoms with Gasteiger partial charge in [0.25, 0.3) is 5.56 Å². The van der Waals surface area contributed by atoms with E-state index in [1.165, 1.54) is 17.3 Å². The summed E-state index contributed by atoms with van der Waals surface area (Å²) >= 11 is 1.22. The topological polar surface area (TPSA) is 84.3 Å². The molecule has 3 aromatic carbocycles. The van der Waals surface area contributed by atoms with E-state index in [1.54, 1.807) is 33.7 Å². The van der Waals surface area contributed by atoms with Crippen molar-refractivity contribution in [2.45, 2.75) is 31.3 Å². The molecular weight excluding hydrogens is 472 g/mol. The molecule has 0 saturated carbocycles. The Morgan fingerprint density at radius 2 is 1.69 bits per heavy atom. The molecule has 0 spiro atoms. The number of para-hydroxylation sites is 1. The molecule has 1 fully saturated rings. The van der Waals surface area contributed by atoms with E-state index in [-0.39, 0.29) is 23.1 Å². The third-order valence-corrected chi connectivity index (χ3v) is 7.15. The summed E-state index contributed by atoms with van der Waals surface area (Å²) < 4.78 is 1.57. The molecule has 1 aliphatic heterocycles. The van der Waals surface area contributed by atoms with E-state index in [0.29, 0.717) is 33.9 Å². The Balaban J connectivity index is 1.35. The van der Waals surface area contributed by atoms with Crippen LogP contribution in [0.3, 0.4) is 0 Å². The average Bonchev–Trinajstić information content (AvgIpc) is 3.34. The summed E-state index contributed by atoms with van der Waals surface area (Å²) in [5, 5.41) is 3.88. The number of benzene rings is 3. The number of nitrogens with one attached hydrogen (secondary N) is 1. The van der Waals surface area contributed by atoms with Gasteiger partial charge in [-0.2, -0.15) is 0 Å². The van der Waals surface area contributed by atoms with Gasteiger partial charge in [-0.3, -0.25) is 19.0 Å². The number of thioether (sulfide) groups is 1. The molecule has 1 aliphatic rings. The van der Waals surface area contributed by atoms with Crippen LogP contribution in [-0.4, -0.2) is 33.7 Å². The molecule has 1 aromatic heterocycles. The first-order chi connectivity index (χ1) is 17.5. The van der Waals surface area contributed by atoms with Crippen LogP contribution in [0.5, 0.6) is 0 Å². The number of hydrogen-bond donors (Lipinski definition) is 1. The van der Waals surface area contributed by atoms with Crippen LogP contribution in [0.1, 0.15) is 25.3 Å². The summed E-state index contributed by atoms with van der Waals surface area (Å²) in [5.74, 6) is 0.00576. The van der Waals surface area contributed by atoms with Crippen molar-refractivity contribution in [3.05, 3.63) is 88.7 Å². The van der Waals surface area contributed by atoms with Crippen molar-refractivity contribution < 1.29 is 9.59 Å². The highest BCUT2D eigenvalue weighted by molar-refractivity contribution is 7.99. The number of nitrogens with zero attached hydrogens (tertiary/aromatic N) is 3. The maximum absolute atomic E-state index is 13.4. The monoisotopic (exact) mass is 498 g/mol. The van der Waals surface area contributed by atoms with Gasteiger partial charge in [0.1, 0.15) is 0 Å². The minimum atomic E-state index is -0.208. The zero-order valence-corrected chi connectivity index (χ0v) is 20.8. The molecule has 1 saturated heterocycles. The number of fused-ring (bicyclic) bond motifs is 1. The summed E-state index contributed by atoms with van der Waals surface area (Å²) in [6, 6.07) is 22.3. The number of hydrogen-bond acceptors (Lipinski definition) is 5. The second-order valence-electron chi connectivity index (χ2n) is 8.60. The maximum atomic E-state index is 13.4. The predicted octanol–water partition coefficient (Wildman–Crippen LogP) is 4.81. The van der Waals surface area contributed by atoms with Crippen LogP contribution in [-0.2, 0) is 16.0 Å². The van der Waals surface area contributed by atoms with Crippen LogP contribution in [0.2, 0.25) is 0 Å². The van der Waals surface area contributed by atoms with E-state index in [2.05, 4.69) is 12.2 Å². The molecule has 5 rings (SSSR count). The smallest absolute Gasteiger partial charge is 0.266 e. The maximum Gasteiger partial charge on any atom is 0.266 e. The largest absolute Gasteiger partial charge is 0.325 e. The Bertz CT molecular complexity index is 1480. The van der Waals surface area contributed by atoms with Crippen molar-refractivity contribution in [1.82, 2.24) is 9.55 Å². The SMILES string of the molecule is CCc1ccc(-n2c(SCC(=O)Nc3ccc(N4CCCC4=O)cc3)nc3ccccc3c2=O)cc1. The third-order valence-electron chi connectivity index (χ3n) is 6.22. The lowest BCUT2D eigenvalue weighted by molar-refractivity contribution is -0.117. The van der Waals surface area contributed by atoms with Gasteiger partial charge in [-0.15, -0.1) is 0 Å². The Hall–Kier alpha value is -3.91. The highest BCUT2D eigenvalue weighted by Crippen LogP contribution is 2.24. The van der Waals surface area contributed by atoms with E-state index in [9.17, 15) is 14.4 Å². The number of aryl methyl sites for hydroxylation is 1. The van der Waals surface area contributed by atoms with Crippen molar-refractivity contribution in [3.63, 3.8) is 0 Å². The standard InChI is InChI=1S/C28H26N4O3S/c1-2-19-9-13-22(14-10-19)32-27(35)23-6-3-4-7-24(23)30-28(32)36-18-25(33)29-20-11-15-21(16-12-20)31-17-5-8-26(31)34/h3-4,6-7,9-16H,2,5,8,17-18H2,1H3,(H,29,33). The van der Waals surface area contributed by atoms with Gasteiger partial charge in [-0.1, -0.05) is 43.0 Å². The highest BCUT2D eigenvalue weighted by atomic mass is 32.2. The van der Waals surface area contributed by atoms with E-state index >= 15 is 0 Å². The Kier molecular flexibility index (Phi) is 6.86. The lowest BCUT2D eigenvalue weighted by atomic mass is 10.1. The fourth-order valence-electron chi connectivity index (χ4n) is 4.29. The molecule has 2 amide bonds. The van der Waals surface area contributed by atoms with E-state index in [1.807, 2.05) is 48.5 Å². The van der Waals surface area contributed by atoms with Gasteiger partial charge < -0.3 is 10.2 Å². The fraction of sp³-hybridized carbons (Fsp3) is 0.214.